The SMILES string of the molecule is CCC(C)(C)N(C)c1cc(C(F)(F)F)nc(NN)n1. The molecular formula is C11H18F3N5. The minimum absolute atomic E-state index is 0.169. The Bertz CT molecular complexity index is 444. The molecule has 0 atom stereocenters. The first kappa shape index (κ1) is 15.5. The number of hydrogen-bond acceptors (Lipinski definition) is 5. The van der Waals surface area contributed by atoms with Gasteiger partial charge >= 0.3 is 6.18 Å². The Kier molecular flexibility index (Phi) is 4.24. The molecule has 0 aromatic carbocycles. The number of anilines is 2. The van der Waals surface area contributed by atoms with Gasteiger partial charge in [0.2, 0.25) is 5.95 Å². The number of nitrogens with zero attached hydrogens (tertiary/aromatic N) is 3. The van der Waals surface area contributed by atoms with E-state index in [1.165, 1.54) is 0 Å². The minimum atomic E-state index is -4.54. The van der Waals surface area contributed by atoms with Crippen LogP contribution < -0.4 is 16.2 Å². The van der Waals surface area contributed by atoms with Gasteiger partial charge in [-0.3, -0.25) is 5.43 Å². The molecule has 0 bridgehead atoms. The molecule has 8 heteroatoms. The third kappa shape index (κ3) is 3.46. The van der Waals surface area contributed by atoms with Crippen LogP contribution in [0.2, 0.25) is 0 Å². The number of hydrogen-bond donors (Lipinski definition) is 2. The summed E-state index contributed by atoms with van der Waals surface area (Å²) in [6.07, 6.45) is -3.79. The fourth-order valence-electron chi connectivity index (χ4n) is 1.36. The second-order valence-corrected chi connectivity index (χ2v) is 4.80. The Morgan fingerprint density at radius 2 is 1.89 bits per heavy atom. The van der Waals surface area contributed by atoms with Crippen LogP contribution in [0.4, 0.5) is 24.9 Å². The lowest BCUT2D eigenvalue weighted by molar-refractivity contribution is -0.141. The van der Waals surface area contributed by atoms with E-state index in [0.717, 1.165) is 12.5 Å². The largest absolute Gasteiger partial charge is 0.433 e. The number of aromatic nitrogens is 2. The number of alkyl halides is 3. The number of halogens is 3. The molecule has 1 heterocycles. The summed E-state index contributed by atoms with van der Waals surface area (Å²) < 4.78 is 38.2. The Morgan fingerprint density at radius 1 is 1.32 bits per heavy atom. The van der Waals surface area contributed by atoms with Gasteiger partial charge in [0.25, 0.3) is 0 Å². The lowest BCUT2D eigenvalue weighted by Gasteiger charge is -2.36. The van der Waals surface area contributed by atoms with Crippen molar-refractivity contribution in [2.45, 2.75) is 38.9 Å². The molecule has 0 spiro atoms. The average molecular weight is 277 g/mol. The highest BCUT2D eigenvalue weighted by Crippen LogP contribution is 2.32. The molecule has 1 rings (SSSR count). The summed E-state index contributed by atoms with van der Waals surface area (Å²) in [7, 11) is 1.69. The number of rotatable bonds is 4. The van der Waals surface area contributed by atoms with Crippen molar-refractivity contribution in [3.05, 3.63) is 11.8 Å². The lowest BCUT2D eigenvalue weighted by Crippen LogP contribution is -2.41. The maximum Gasteiger partial charge on any atom is 0.433 e. The van der Waals surface area contributed by atoms with E-state index in [1.807, 2.05) is 20.8 Å². The fourth-order valence-corrected chi connectivity index (χ4v) is 1.36. The van der Waals surface area contributed by atoms with Gasteiger partial charge in [0.1, 0.15) is 5.82 Å². The highest BCUT2D eigenvalue weighted by atomic mass is 19.4. The summed E-state index contributed by atoms with van der Waals surface area (Å²) in [6.45, 7) is 5.78. The predicted molar refractivity (Wildman–Crippen MR) is 67.6 cm³/mol. The zero-order chi connectivity index (χ0) is 14.8. The molecule has 0 radical (unpaired) electrons. The molecule has 0 saturated carbocycles. The van der Waals surface area contributed by atoms with Gasteiger partial charge in [-0.05, 0) is 20.3 Å². The maximum absolute atomic E-state index is 12.7. The van der Waals surface area contributed by atoms with Gasteiger partial charge < -0.3 is 4.90 Å². The number of nitrogens with two attached hydrogens (primary N) is 1. The van der Waals surface area contributed by atoms with Crippen LogP contribution in [-0.4, -0.2) is 22.6 Å². The second kappa shape index (κ2) is 5.20. The highest BCUT2D eigenvalue weighted by Gasteiger charge is 2.35. The van der Waals surface area contributed by atoms with E-state index in [0.29, 0.717) is 0 Å². The smallest absolute Gasteiger partial charge is 0.354 e. The Balaban J connectivity index is 3.28. The molecule has 3 N–H and O–H groups in total. The van der Waals surface area contributed by atoms with Gasteiger partial charge in [-0.2, -0.15) is 18.2 Å². The Hall–Kier alpha value is -1.57. The van der Waals surface area contributed by atoms with Crippen molar-refractivity contribution in [1.29, 1.82) is 0 Å². The zero-order valence-electron chi connectivity index (χ0n) is 11.3. The monoisotopic (exact) mass is 277 g/mol. The van der Waals surface area contributed by atoms with E-state index in [2.05, 4.69) is 15.4 Å². The van der Waals surface area contributed by atoms with Crippen LogP contribution >= 0.6 is 0 Å². The number of nitrogen functional groups attached to an aromatic ring is 1. The predicted octanol–water partition coefficient (Wildman–Crippen LogP) is 2.41. The second-order valence-electron chi connectivity index (χ2n) is 4.80. The summed E-state index contributed by atoms with van der Waals surface area (Å²) in [5.41, 5.74) is 0.701. The topological polar surface area (TPSA) is 67.1 Å². The van der Waals surface area contributed by atoms with Crippen molar-refractivity contribution in [3.63, 3.8) is 0 Å². The molecule has 5 nitrogen and oxygen atoms in total. The Morgan fingerprint density at radius 3 is 2.32 bits per heavy atom. The van der Waals surface area contributed by atoms with Gasteiger partial charge in [0.05, 0.1) is 0 Å². The highest BCUT2D eigenvalue weighted by molar-refractivity contribution is 5.46. The lowest BCUT2D eigenvalue weighted by atomic mass is 10.00. The zero-order valence-corrected chi connectivity index (χ0v) is 11.3. The molecule has 0 aliphatic carbocycles. The first-order valence-corrected chi connectivity index (χ1v) is 5.78. The van der Waals surface area contributed by atoms with Gasteiger partial charge in [-0.15, -0.1) is 0 Å². The van der Waals surface area contributed by atoms with E-state index in [1.54, 1.807) is 11.9 Å². The summed E-state index contributed by atoms with van der Waals surface area (Å²) in [5.74, 6) is 5.02. The first-order valence-electron chi connectivity index (χ1n) is 5.78. The molecule has 1 aromatic heterocycles. The maximum atomic E-state index is 12.7. The van der Waals surface area contributed by atoms with Gasteiger partial charge in [0.15, 0.2) is 5.69 Å². The van der Waals surface area contributed by atoms with E-state index < -0.39 is 11.9 Å². The van der Waals surface area contributed by atoms with Crippen LogP contribution in [0.25, 0.3) is 0 Å². The van der Waals surface area contributed by atoms with Crippen molar-refractivity contribution >= 4 is 11.8 Å². The molecule has 19 heavy (non-hydrogen) atoms. The third-order valence-corrected chi connectivity index (χ3v) is 3.25. The van der Waals surface area contributed by atoms with E-state index in [-0.39, 0.29) is 17.3 Å². The first-order chi connectivity index (χ1) is 8.61. The van der Waals surface area contributed by atoms with Crippen molar-refractivity contribution < 1.29 is 13.2 Å². The summed E-state index contributed by atoms with van der Waals surface area (Å²) in [6, 6.07) is 0.915. The van der Waals surface area contributed by atoms with E-state index in [4.69, 9.17) is 5.84 Å². The third-order valence-electron chi connectivity index (χ3n) is 3.25. The number of nitrogens with one attached hydrogen (secondary N) is 1. The number of hydrazine groups is 1. The molecular weight excluding hydrogens is 259 g/mol. The summed E-state index contributed by atoms with van der Waals surface area (Å²) in [5, 5.41) is 0. The van der Waals surface area contributed by atoms with Crippen molar-refractivity contribution in [3.8, 4) is 0 Å². The van der Waals surface area contributed by atoms with Gasteiger partial charge in [-0.1, -0.05) is 6.92 Å². The quantitative estimate of drug-likeness (QED) is 0.653. The van der Waals surface area contributed by atoms with E-state index in [9.17, 15) is 13.2 Å². The van der Waals surface area contributed by atoms with Crippen LogP contribution in [0.1, 0.15) is 32.9 Å². The molecule has 108 valence electrons. The summed E-state index contributed by atoms with van der Waals surface area (Å²) in [4.78, 5) is 8.94. The fraction of sp³-hybridized carbons (Fsp3) is 0.636. The van der Waals surface area contributed by atoms with Crippen LogP contribution in [-0.2, 0) is 6.18 Å². The average Bonchev–Trinajstić information content (AvgIpc) is 2.36. The molecule has 0 aliphatic heterocycles. The minimum Gasteiger partial charge on any atom is -0.354 e. The van der Waals surface area contributed by atoms with E-state index >= 15 is 0 Å². The molecule has 0 fully saturated rings. The molecule has 0 unspecified atom stereocenters. The normalized spacial score (nSPS) is 12.4. The van der Waals surface area contributed by atoms with Crippen molar-refractivity contribution in [1.82, 2.24) is 9.97 Å². The van der Waals surface area contributed by atoms with Gasteiger partial charge in [0, 0.05) is 18.7 Å². The van der Waals surface area contributed by atoms with Crippen molar-refractivity contribution in [2.75, 3.05) is 17.4 Å². The Labute approximate surface area is 110 Å². The standard InChI is InChI=1S/C11H18F3N5/c1-5-10(2,3)19(4)8-6-7(11(12,13)14)16-9(17-8)18-15/h6H,5,15H2,1-4H3,(H,16,17,18). The van der Waals surface area contributed by atoms with Crippen LogP contribution in [0, 0.1) is 0 Å². The van der Waals surface area contributed by atoms with Crippen LogP contribution in [0.5, 0.6) is 0 Å². The van der Waals surface area contributed by atoms with Crippen molar-refractivity contribution in [2.24, 2.45) is 5.84 Å². The molecule has 0 aliphatic rings. The summed E-state index contributed by atoms with van der Waals surface area (Å²) >= 11 is 0. The molecule has 1 aromatic rings. The van der Waals surface area contributed by atoms with Crippen LogP contribution in [0.15, 0.2) is 6.07 Å². The molecule has 0 amide bonds. The van der Waals surface area contributed by atoms with Crippen LogP contribution in [0.3, 0.4) is 0 Å². The van der Waals surface area contributed by atoms with Gasteiger partial charge in [-0.25, -0.2) is 10.8 Å². The molecule has 0 saturated heterocycles.